The molecule has 1 aliphatic heterocycles. The van der Waals surface area contributed by atoms with Crippen molar-refractivity contribution in [3.63, 3.8) is 0 Å². The molecule has 2 amide bonds. The lowest BCUT2D eigenvalue weighted by atomic mass is 10.0. The molecule has 0 radical (unpaired) electrons. The van der Waals surface area contributed by atoms with Gasteiger partial charge >= 0.3 is 0 Å². The molecule has 1 aromatic rings. The molecule has 1 aromatic carbocycles. The summed E-state index contributed by atoms with van der Waals surface area (Å²) in [6.45, 7) is 5.38. The molecule has 1 N–H and O–H groups in total. The van der Waals surface area contributed by atoms with Gasteiger partial charge in [-0.15, -0.1) is 0 Å². The molecular formula is C18H24Cl2N2O3. The number of carbonyl (C=O) groups excluding carboxylic acids is 2. The van der Waals surface area contributed by atoms with Gasteiger partial charge in [0.25, 0.3) is 5.91 Å². The van der Waals surface area contributed by atoms with E-state index in [1.54, 1.807) is 18.2 Å². The van der Waals surface area contributed by atoms with Gasteiger partial charge in [0.05, 0.1) is 5.02 Å². The fourth-order valence-electron chi connectivity index (χ4n) is 2.82. The van der Waals surface area contributed by atoms with Crippen LogP contribution in [-0.2, 0) is 9.59 Å². The smallest absolute Gasteiger partial charge is 0.258 e. The fraction of sp³-hybridized carbons (Fsp3) is 0.556. The van der Waals surface area contributed by atoms with Crippen molar-refractivity contribution in [3.05, 3.63) is 28.2 Å². The van der Waals surface area contributed by atoms with Crippen LogP contribution in [0.3, 0.4) is 0 Å². The van der Waals surface area contributed by atoms with Crippen molar-refractivity contribution in [2.24, 2.45) is 5.92 Å². The molecule has 0 bridgehead atoms. The van der Waals surface area contributed by atoms with Crippen molar-refractivity contribution in [2.45, 2.75) is 39.2 Å². The molecule has 0 aromatic heterocycles. The van der Waals surface area contributed by atoms with E-state index in [4.69, 9.17) is 27.9 Å². The van der Waals surface area contributed by atoms with Gasteiger partial charge in [-0.2, -0.15) is 0 Å². The van der Waals surface area contributed by atoms with Crippen molar-refractivity contribution in [1.29, 1.82) is 0 Å². The van der Waals surface area contributed by atoms with Crippen molar-refractivity contribution < 1.29 is 14.3 Å². The average Bonchev–Trinajstić information content (AvgIpc) is 3.06. The summed E-state index contributed by atoms with van der Waals surface area (Å²) in [5.41, 5.74) is 0. The van der Waals surface area contributed by atoms with Crippen LogP contribution in [-0.4, -0.2) is 42.5 Å². The predicted octanol–water partition coefficient (Wildman–Crippen LogP) is 3.53. The molecule has 138 valence electrons. The molecule has 1 fully saturated rings. The second kappa shape index (κ2) is 9.30. The Balaban J connectivity index is 1.92. The average molecular weight is 387 g/mol. The molecule has 25 heavy (non-hydrogen) atoms. The van der Waals surface area contributed by atoms with Crippen LogP contribution < -0.4 is 10.1 Å². The van der Waals surface area contributed by atoms with E-state index in [9.17, 15) is 9.59 Å². The minimum atomic E-state index is -0.519. The Kier molecular flexibility index (Phi) is 7.38. The monoisotopic (exact) mass is 386 g/mol. The number of ether oxygens (including phenoxy) is 1. The number of hydrogen-bond donors (Lipinski definition) is 1. The van der Waals surface area contributed by atoms with Crippen LogP contribution in [0.4, 0.5) is 0 Å². The Morgan fingerprint density at radius 3 is 2.52 bits per heavy atom. The van der Waals surface area contributed by atoms with E-state index < -0.39 is 6.04 Å². The molecule has 0 spiro atoms. The van der Waals surface area contributed by atoms with Crippen molar-refractivity contribution >= 4 is 35.0 Å². The molecule has 0 unspecified atom stereocenters. The zero-order chi connectivity index (χ0) is 18.4. The van der Waals surface area contributed by atoms with Gasteiger partial charge in [0.15, 0.2) is 6.61 Å². The second-order valence-electron chi connectivity index (χ2n) is 6.65. The van der Waals surface area contributed by atoms with Gasteiger partial charge in [0.1, 0.15) is 11.8 Å². The van der Waals surface area contributed by atoms with Crippen LogP contribution >= 0.6 is 23.2 Å². The number of halogens is 2. The minimum absolute atomic E-state index is 0.0101. The number of amides is 2. The zero-order valence-electron chi connectivity index (χ0n) is 14.6. The summed E-state index contributed by atoms with van der Waals surface area (Å²) >= 11 is 11.9. The number of benzene rings is 1. The highest BCUT2D eigenvalue weighted by Crippen LogP contribution is 2.27. The Labute approximate surface area is 158 Å². The van der Waals surface area contributed by atoms with Crippen LogP contribution in [0, 0.1) is 5.92 Å². The number of likely N-dealkylation sites (tertiary alicyclic amines) is 1. The molecule has 1 saturated heterocycles. The van der Waals surface area contributed by atoms with Gasteiger partial charge in [-0.25, -0.2) is 0 Å². The molecule has 0 aliphatic carbocycles. The summed E-state index contributed by atoms with van der Waals surface area (Å²) in [4.78, 5) is 26.7. The summed E-state index contributed by atoms with van der Waals surface area (Å²) in [7, 11) is 0. The van der Waals surface area contributed by atoms with E-state index in [1.165, 1.54) is 0 Å². The third kappa shape index (κ3) is 6.08. The summed E-state index contributed by atoms with van der Waals surface area (Å²) in [5, 5.41) is 3.64. The highest BCUT2D eigenvalue weighted by Gasteiger charge is 2.28. The highest BCUT2D eigenvalue weighted by atomic mass is 35.5. The maximum Gasteiger partial charge on any atom is 0.258 e. The first-order valence-electron chi connectivity index (χ1n) is 8.53. The predicted molar refractivity (Wildman–Crippen MR) is 99.2 cm³/mol. The van der Waals surface area contributed by atoms with Gasteiger partial charge in [0, 0.05) is 18.1 Å². The molecule has 7 heteroatoms. The van der Waals surface area contributed by atoms with E-state index in [0.717, 1.165) is 25.9 Å². The second-order valence-corrected chi connectivity index (χ2v) is 7.49. The largest absolute Gasteiger partial charge is 0.482 e. The first kappa shape index (κ1) is 19.9. The standard InChI is InChI=1S/C18H24Cl2N2O3/c1-12(2)9-15(18(24)22-7-3-4-8-22)21-17(23)11-25-16-6-5-13(19)10-14(16)20/h5-6,10,12,15H,3-4,7-9,11H2,1-2H3,(H,21,23)/t15-/m1/s1. The molecule has 5 nitrogen and oxygen atoms in total. The van der Waals surface area contributed by atoms with E-state index in [0.29, 0.717) is 28.1 Å². The van der Waals surface area contributed by atoms with Crippen molar-refractivity contribution in [1.82, 2.24) is 10.2 Å². The Morgan fingerprint density at radius 1 is 1.24 bits per heavy atom. The van der Waals surface area contributed by atoms with Crippen LogP contribution in [0.2, 0.25) is 10.0 Å². The zero-order valence-corrected chi connectivity index (χ0v) is 16.1. The topological polar surface area (TPSA) is 58.6 Å². The van der Waals surface area contributed by atoms with Crippen LogP contribution in [0.15, 0.2) is 18.2 Å². The van der Waals surface area contributed by atoms with Gasteiger partial charge in [-0.1, -0.05) is 37.0 Å². The first-order chi connectivity index (χ1) is 11.9. The third-order valence-corrected chi connectivity index (χ3v) is 4.54. The molecule has 2 rings (SSSR count). The molecule has 1 aliphatic rings. The number of carbonyl (C=O) groups is 2. The quantitative estimate of drug-likeness (QED) is 0.779. The van der Waals surface area contributed by atoms with Gasteiger partial charge in [0.2, 0.25) is 5.91 Å². The van der Waals surface area contributed by atoms with Gasteiger partial charge < -0.3 is 15.0 Å². The van der Waals surface area contributed by atoms with Crippen LogP contribution in [0.5, 0.6) is 5.75 Å². The number of hydrogen-bond acceptors (Lipinski definition) is 3. The fourth-order valence-corrected chi connectivity index (χ4v) is 3.29. The lowest BCUT2D eigenvalue weighted by Gasteiger charge is -2.25. The number of nitrogens with zero attached hydrogens (tertiary/aromatic N) is 1. The van der Waals surface area contributed by atoms with E-state index in [1.807, 2.05) is 18.7 Å². The third-order valence-electron chi connectivity index (χ3n) is 4.01. The molecule has 1 heterocycles. The minimum Gasteiger partial charge on any atom is -0.482 e. The Morgan fingerprint density at radius 2 is 1.92 bits per heavy atom. The van der Waals surface area contributed by atoms with Crippen molar-refractivity contribution in [2.75, 3.05) is 19.7 Å². The van der Waals surface area contributed by atoms with Crippen LogP contribution in [0.1, 0.15) is 33.1 Å². The summed E-state index contributed by atoms with van der Waals surface area (Å²) < 4.78 is 5.44. The lowest BCUT2D eigenvalue weighted by molar-refractivity contribution is -0.136. The Bertz CT molecular complexity index is 616. The maximum atomic E-state index is 12.6. The van der Waals surface area contributed by atoms with Gasteiger partial charge in [-0.3, -0.25) is 9.59 Å². The van der Waals surface area contributed by atoms with E-state index in [2.05, 4.69) is 5.32 Å². The Hall–Kier alpha value is -1.46. The molecule has 0 saturated carbocycles. The summed E-state index contributed by atoms with van der Waals surface area (Å²) in [5.74, 6) is 0.323. The summed E-state index contributed by atoms with van der Waals surface area (Å²) in [6, 6.07) is 4.28. The number of rotatable bonds is 7. The lowest BCUT2D eigenvalue weighted by Crippen LogP contribution is -2.49. The first-order valence-corrected chi connectivity index (χ1v) is 9.28. The van der Waals surface area contributed by atoms with Crippen LogP contribution in [0.25, 0.3) is 0 Å². The van der Waals surface area contributed by atoms with E-state index >= 15 is 0 Å². The van der Waals surface area contributed by atoms with Gasteiger partial charge in [-0.05, 0) is 43.4 Å². The molecule has 1 atom stereocenters. The van der Waals surface area contributed by atoms with E-state index in [-0.39, 0.29) is 18.4 Å². The molecular weight excluding hydrogens is 363 g/mol. The summed E-state index contributed by atoms with van der Waals surface area (Å²) in [6.07, 6.45) is 2.64. The SMILES string of the molecule is CC(C)C[C@@H](NC(=O)COc1ccc(Cl)cc1Cl)C(=O)N1CCCC1. The number of nitrogens with one attached hydrogen (secondary N) is 1. The van der Waals surface area contributed by atoms with Crippen molar-refractivity contribution in [3.8, 4) is 5.75 Å². The normalized spacial score (nSPS) is 15.3. The maximum absolute atomic E-state index is 12.6. The highest BCUT2D eigenvalue weighted by molar-refractivity contribution is 6.35.